The number of aliphatic hydroxyl groups is 1. The van der Waals surface area contributed by atoms with E-state index in [0.29, 0.717) is 19.8 Å². The van der Waals surface area contributed by atoms with Crippen molar-refractivity contribution in [3.05, 3.63) is 35.6 Å². The number of halogens is 2. The van der Waals surface area contributed by atoms with Crippen LogP contribution in [0.5, 0.6) is 0 Å². The molecule has 164 valence electrons. The monoisotopic (exact) mass is 520 g/mol. The second-order valence-electron chi connectivity index (χ2n) is 7.57. The molecule has 2 fully saturated rings. The van der Waals surface area contributed by atoms with Gasteiger partial charge in [0.2, 0.25) is 0 Å². The van der Waals surface area contributed by atoms with Crippen molar-refractivity contribution >= 4 is 29.9 Å². The molecule has 1 aromatic rings. The number of rotatable bonds is 7. The molecule has 2 aliphatic rings. The maximum absolute atomic E-state index is 13.4. The Kier molecular flexibility index (Phi) is 10.6. The third-order valence-electron chi connectivity index (χ3n) is 5.66. The topological polar surface area (TPSA) is 69.1 Å². The van der Waals surface area contributed by atoms with E-state index in [1.807, 2.05) is 19.1 Å². The molecule has 3 rings (SSSR count). The van der Waals surface area contributed by atoms with Gasteiger partial charge in [-0.1, -0.05) is 18.6 Å². The van der Waals surface area contributed by atoms with E-state index in [-0.39, 0.29) is 47.9 Å². The summed E-state index contributed by atoms with van der Waals surface area (Å²) in [5, 5.41) is 16.7. The summed E-state index contributed by atoms with van der Waals surface area (Å²) in [5.41, 5.74) is 1.06. The van der Waals surface area contributed by atoms with Gasteiger partial charge in [0.25, 0.3) is 0 Å². The fourth-order valence-electron chi connectivity index (χ4n) is 4.01. The van der Waals surface area contributed by atoms with Crippen molar-refractivity contribution in [2.75, 3.05) is 45.9 Å². The largest absolute Gasteiger partial charge is 0.393 e. The third kappa shape index (κ3) is 7.34. The summed E-state index contributed by atoms with van der Waals surface area (Å²) in [7, 11) is 0. The van der Waals surface area contributed by atoms with E-state index in [2.05, 4.69) is 15.5 Å². The van der Waals surface area contributed by atoms with Gasteiger partial charge < -0.3 is 20.5 Å². The molecule has 0 spiro atoms. The molecular weight excluding hydrogens is 486 g/mol. The molecule has 1 saturated carbocycles. The normalized spacial score (nSPS) is 24.0. The predicted molar refractivity (Wildman–Crippen MR) is 124 cm³/mol. The van der Waals surface area contributed by atoms with Crippen LogP contribution in [-0.2, 0) is 4.74 Å². The lowest BCUT2D eigenvalue weighted by Gasteiger charge is -2.34. The zero-order valence-corrected chi connectivity index (χ0v) is 19.5. The summed E-state index contributed by atoms with van der Waals surface area (Å²) in [6.45, 7) is 7.23. The average molecular weight is 520 g/mol. The number of benzene rings is 1. The molecule has 3 unspecified atom stereocenters. The molecule has 0 bridgehead atoms. The molecule has 0 radical (unpaired) electrons. The van der Waals surface area contributed by atoms with Gasteiger partial charge in [0.15, 0.2) is 5.96 Å². The van der Waals surface area contributed by atoms with E-state index in [1.54, 1.807) is 0 Å². The highest BCUT2D eigenvalue weighted by atomic mass is 127. The molecule has 1 aliphatic heterocycles. The van der Waals surface area contributed by atoms with Crippen molar-refractivity contribution in [3.63, 3.8) is 0 Å². The van der Waals surface area contributed by atoms with Crippen LogP contribution in [0.1, 0.15) is 37.8 Å². The number of guanidine groups is 1. The number of nitrogens with zero attached hydrogens (tertiary/aromatic N) is 2. The highest BCUT2D eigenvalue weighted by molar-refractivity contribution is 14.0. The molecule has 0 aromatic heterocycles. The summed E-state index contributed by atoms with van der Waals surface area (Å²) in [6.07, 6.45) is 2.82. The Morgan fingerprint density at radius 1 is 1.24 bits per heavy atom. The van der Waals surface area contributed by atoms with E-state index >= 15 is 0 Å². The Bertz CT molecular complexity index is 626. The van der Waals surface area contributed by atoms with Crippen molar-refractivity contribution in [1.82, 2.24) is 15.5 Å². The minimum Gasteiger partial charge on any atom is -0.393 e. The van der Waals surface area contributed by atoms with Crippen LogP contribution in [-0.4, -0.2) is 68.0 Å². The van der Waals surface area contributed by atoms with Crippen LogP contribution in [0, 0.1) is 11.7 Å². The van der Waals surface area contributed by atoms with Crippen molar-refractivity contribution in [2.45, 2.75) is 38.3 Å². The van der Waals surface area contributed by atoms with Gasteiger partial charge in [0.1, 0.15) is 5.82 Å². The Hall–Kier alpha value is -0.970. The molecule has 3 N–H and O–H groups in total. The lowest BCUT2D eigenvalue weighted by molar-refractivity contribution is 0.0179. The van der Waals surface area contributed by atoms with Gasteiger partial charge in [-0.3, -0.25) is 9.89 Å². The molecule has 1 aromatic carbocycles. The zero-order valence-electron chi connectivity index (χ0n) is 17.1. The Morgan fingerprint density at radius 2 is 1.97 bits per heavy atom. The van der Waals surface area contributed by atoms with E-state index < -0.39 is 0 Å². The first-order valence-corrected chi connectivity index (χ1v) is 10.4. The van der Waals surface area contributed by atoms with Gasteiger partial charge in [-0.15, -0.1) is 24.0 Å². The summed E-state index contributed by atoms with van der Waals surface area (Å²) in [5.74, 6) is 0.830. The maximum atomic E-state index is 13.4. The van der Waals surface area contributed by atoms with Crippen molar-refractivity contribution in [3.8, 4) is 0 Å². The predicted octanol–water partition coefficient (Wildman–Crippen LogP) is 2.53. The molecule has 1 aliphatic carbocycles. The van der Waals surface area contributed by atoms with Gasteiger partial charge in [-0.05, 0) is 37.5 Å². The van der Waals surface area contributed by atoms with E-state index in [1.165, 1.54) is 12.1 Å². The molecule has 29 heavy (non-hydrogen) atoms. The molecule has 0 amide bonds. The number of aliphatic hydroxyl groups excluding tert-OH is 1. The van der Waals surface area contributed by atoms with Gasteiger partial charge in [-0.2, -0.15) is 0 Å². The summed E-state index contributed by atoms with van der Waals surface area (Å²) < 4.78 is 18.9. The molecule has 3 atom stereocenters. The summed E-state index contributed by atoms with van der Waals surface area (Å²) in [6, 6.07) is 6.80. The average Bonchev–Trinajstić information content (AvgIpc) is 3.13. The number of morpholine rings is 1. The number of nitrogens with one attached hydrogen (secondary N) is 2. The van der Waals surface area contributed by atoms with Crippen molar-refractivity contribution in [1.29, 1.82) is 0 Å². The first-order chi connectivity index (χ1) is 13.7. The van der Waals surface area contributed by atoms with Crippen LogP contribution in [0.2, 0.25) is 0 Å². The van der Waals surface area contributed by atoms with Crippen molar-refractivity contribution < 1.29 is 14.2 Å². The van der Waals surface area contributed by atoms with Gasteiger partial charge in [-0.25, -0.2) is 4.39 Å². The molecule has 1 saturated heterocycles. The standard InChI is InChI=1S/C21H33FN4O2.HI/c1-2-23-21(24-14-17-4-3-5-20(17)27)25-15-19(26-10-12-28-13-11-26)16-6-8-18(22)9-7-16;/h6-9,17,19-20,27H,2-5,10-15H2,1H3,(H2,23,24,25);1H. The quantitative estimate of drug-likeness (QED) is 0.293. The number of ether oxygens (including phenoxy) is 1. The second kappa shape index (κ2) is 12.7. The van der Waals surface area contributed by atoms with Crippen LogP contribution >= 0.6 is 24.0 Å². The third-order valence-corrected chi connectivity index (χ3v) is 5.66. The summed E-state index contributed by atoms with van der Waals surface area (Å²) in [4.78, 5) is 7.16. The minimum atomic E-state index is -0.224. The highest BCUT2D eigenvalue weighted by Gasteiger charge is 2.25. The number of hydrogen-bond donors (Lipinski definition) is 3. The van der Waals surface area contributed by atoms with Gasteiger partial charge in [0, 0.05) is 32.1 Å². The summed E-state index contributed by atoms with van der Waals surface area (Å²) >= 11 is 0. The Labute approximate surface area is 190 Å². The second-order valence-corrected chi connectivity index (χ2v) is 7.57. The van der Waals surface area contributed by atoms with Gasteiger partial charge in [0.05, 0.1) is 31.9 Å². The Morgan fingerprint density at radius 3 is 2.59 bits per heavy atom. The van der Waals surface area contributed by atoms with Crippen LogP contribution in [0.3, 0.4) is 0 Å². The highest BCUT2D eigenvalue weighted by Crippen LogP contribution is 2.25. The fraction of sp³-hybridized carbons (Fsp3) is 0.667. The lowest BCUT2D eigenvalue weighted by Crippen LogP contribution is -2.43. The van der Waals surface area contributed by atoms with Crippen LogP contribution in [0.4, 0.5) is 4.39 Å². The molecular formula is C21H34FIN4O2. The van der Waals surface area contributed by atoms with Crippen molar-refractivity contribution in [2.24, 2.45) is 10.9 Å². The van der Waals surface area contributed by atoms with Crippen LogP contribution in [0.15, 0.2) is 29.3 Å². The Balaban J connectivity index is 0.00000300. The lowest BCUT2D eigenvalue weighted by atomic mass is 10.0. The molecule has 6 nitrogen and oxygen atoms in total. The van der Waals surface area contributed by atoms with Crippen LogP contribution in [0.25, 0.3) is 0 Å². The minimum absolute atomic E-state index is 0. The first kappa shape index (κ1) is 24.3. The van der Waals surface area contributed by atoms with E-state index in [4.69, 9.17) is 9.73 Å². The van der Waals surface area contributed by atoms with Crippen LogP contribution < -0.4 is 10.6 Å². The molecule has 8 heteroatoms. The zero-order chi connectivity index (χ0) is 19.8. The number of hydrogen-bond acceptors (Lipinski definition) is 4. The molecule has 1 heterocycles. The van der Waals surface area contributed by atoms with Gasteiger partial charge >= 0.3 is 0 Å². The fourth-order valence-corrected chi connectivity index (χ4v) is 4.01. The smallest absolute Gasteiger partial charge is 0.191 e. The maximum Gasteiger partial charge on any atom is 0.191 e. The van der Waals surface area contributed by atoms with E-state index in [0.717, 1.165) is 57.0 Å². The number of aliphatic imine (C=N–C) groups is 1. The van der Waals surface area contributed by atoms with E-state index in [9.17, 15) is 9.50 Å². The SMILES string of the molecule is CCNC(=NCC(c1ccc(F)cc1)N1CCOCC1)NCC1CCCC1O.I. The first-order valence-electron chi connectivity index (χ1n) is 10.4.